The number of benzene rings is 2. The van der Waals surface area contributed by atoms with Crippen molar-refractivity contribution in [2.45, 2.75) is 25.3 Å². The Balaban J connectivity index is 1.51. The molecule has 3 rings (SSSR count). The van der Waals surface area contributed by atoms with E-state index in [9.17, 15) is 4.79 Å². The molecule has 0 atom stereocenters. The van der Waals surface area contributed by atoms with Crippen LogP contribution in [0.15, 0.2) is 52.7 Å². The second-order valence-electron chi connectivity index (χ2n) is 6.09. The Morgan fingerprint density at radius 3 is 2.63 bits per heavy atom. The number of nitrogens with zero attached hydrogens (tertiary/aromatic N) is 1. The van der Waals surface area contributed by atoms with Crippen LogP contribution in [0.2, 0.25) is 0 Å². The van der Waals surface area contributed by atoms with Gasteiger partial charge in [-0.3, -0.25) is 4.79 Å². The molecule has 0 saturated heterocycles. The average molecular weight is 400 g/mol. The number of ether oxygens (including phenoxy) is 2. The summed E-state index contributed by atoms with van der Waals surface area (Å²) >= 11 is 3.03. The fourth-order valence-electron chi connectivity index (χ4n) is 2.53. The number of esters is 1. The lowest BCUT2D eigenvalue weighted by atomic mass is 10.2. The number of aromatic nitrogens is 1. The van der Waals surface area contributed by atoms with E-state index in [2.05, 4.69) is 31.0 Å². The number of carbonyl (C=O) groups is 1. The number of carbonyl (C=O) groups excluding carboxylic acids is 1. The minimum absolute atomic E-state index is 0.193. The molecule has 140 valence electrons. The van der Waals surface area contributed by atoms with Gasteiger partial charge in [0.05, 0.1) is 18.6 Å². The lowest BCUT2D eigenvalue weighted by Crippen LogP contribution is -2.07. The van der Waals surface area contributed by atoms with Crippen molar-refractivity contribution in [3.8, 4) is 16.3 Å². The first-order valence-corrected chi connectivity index (χ1v) is 10.4. The lowest BCUT2D eigenvalue weighted by Gasteiger charge is -2.06. The Kier molecular flexibility index (Phi) is 6.53. The predicted octanol–water partition coefficient (Wildman–Crippen LogP) is 5.27. The fourth-order valence-corrected chi connectivity index (χ4v) is 4.15. The maximum Gasteiger partial charge on any atom is 0.316 e. The van der Waals surface area contributed by atoms with E-state index in [1.807, 2.05) is 35.7 Å². The molecule has 0 bridgehead atoms. The van der Waals surface area contributed by atoms with E-state index < -0.39 is 0 Å². The lowest BCUT2D eigenvalue weighted by molar-refractivity contribution is -0.141. The van der Waals surface area contributed by atoms with Crippen molar-refractivity contribution in [3.63, 3.8) is 0 Å². The summed E-state index contributed by atoms with van der Waals surface area (Å²) in [5.41, 5.74) is 4.17. The van der Waals surface area contributed by atoms with Crippen molar-refractivity contribution in [1.29, 1.82) is 0 Å². The zero-order valence-corrected chi connectivity index (χ0v) is 17.2. The van der Waals surface area contributed by atoms with Gasteiger partial charge in [0.15, 0.2) is 0 Å². The Bertz CT molecular complexity index is 919. The summed E-state index contributed by atoms with van der Waals surface area (Å²) in [6.07, 6.45) is 0. The third kappa shape index (κ3) is 5.34. The van der Waals surface area contributed by atoms with Crippen molar-refractivity contribution in [3.05, 3.63) is 64.7 Å². The molecule has 0 aliphatic rings. The highest BCUT2D eigenvalue weighted by molar-refractivity contribution is 8.00. The first-order chi connectivity index (χ1) is 13.0. The van der Waals surface area contributed by atoms with Crippen LogP contribution in [-0.4, -0.2) is 23.8 Å². The van der Waals surface area contributed by atoms with Gasteiger partial charge in [0.1, 0.15) is 17.4 Å². The minimum Gasteiger partial charge on any atom is -0.497 e. The Morgan fingerprint density at radius 1 is 1.15 bits per heavy atom. The second-order valence-corrected chi connectivity index (χ2v) is 7.97. The van der Waals surface area contributed by atoms with E-state index >= 15 is 0 Å². The molecule has 27 heavy (non-hydrogen) atoms. The van der Waals surface area contributed by atoms with Crippen molar-refractivity contribution in [2.24, 2.45) is 0 Å². The molecular formula is C21H21NO3S2. The molecule has 3 aromatic rings. The van der Waals surface area contributed by atoms with Crippen LogP contribution in [0.25, 0.3) is 10.6 Å². The maximum atomic E-state index is 12.0. The molecule has 0 unspecified atom stereocenters. The molecule has 0 N–H and O–H groups in total. The third-order valence-electron chi connectivity index (χ3n) is 3.95. The van der Waals surface area contributed by atoms with Crippen LogP contribution in [0, 0.1) is 13.8 Å². The molecule has 2 aromatic carbocycles. The largest absolute Gasteiger partial charge is 0.497 e. The number of hydrogen-bond donors (Lipinski definition) is 0. The van der Waals surface area contributed by atoms with Gasteiger partial charge in [-0.2, -0.15) is 0 Å². The summed E-state index contributed by atoms with van der Waals surface area (Å²) in [5.74, 6) is 0.865. The first kappa shape index (κ1) is 19.5. The SMILES string of the molecule is COc1ccc(-c2nc(COC(=O)CSc3ccc(C)cc3C)cs2)cc1. The van der Waals surface area contributed by atoms with Gasteiger partial charge in [0, 0.05) is 15.8 Å². The number of thiazole rings is 1. The highest BCUT2D eigenvalue weighted by Crippen LogP contribution is 2.26. The topological polar surface area (TPSA) is 48.4 Å². The van der Waals surface area contributed by atoms with E-state index in [-0.39, 0.29) is 12.6 Å². The minimum atomic E-state index is -0.237. The van der Waals surface area contributed by atoms with E-state index in [1.165, 1.54) is 34.2 Å². The molecule has 0 amide bonds. The highest BCUT2D eigenvalue weighted by atomic mass is 32.2. The van der Waals surface area contributed by atoms with Crippen LogP contribution in [0.1, 0.15) is 16.8 Å². The molecule has 4 nitrogen and oxygen atoms in total. The summed E-state index contributed by atoms with van der Waals surface area (Å²) in [6, 6.07) is 14.0. The van der Waals surface area contributed by atoms with E-state index in [0.717, 1.165) is 26.9 Å². The number of aryl methyl sites for hydroxylation is 2. The molecule has 0 spiro atoms. The van der Waals surface area contributed by atoms with Crippen LogP contribution in [0.4, 0.5) is 0 Å². The van der Waals surface area contributed by atoms with E-state index in [0.29, 0.717) is 5.75 Å². The van der Waals surface area contributed by atoms with Crippen LogP contribution in [0.3, 0.4) is 0 Å². The summed E-state index contributed by atoms with van der Waals surface area (Å²) in [6.45, 7) is 4.30. The van der Waals surface area contributed by atoms with Crippen LogP contribution < -0.4 is 4.74 Å². The van der Waals surface area contributed by atoms with Crippen molar-refractivity contribution in [2.75, 3.05) is 12.9 Å². The summed E-state index contributed by atoms with van der Waals surface area (Å²) in [5, 5.41) is 2.82. The number of thioether (sulfide) groups is 1. The number of hydrogen-bond acceptors (Lipinski definition) is 6. The smallest absolute Gasteiger partial charge is 0.316 e. The summed E-state index contributed by atoms with van der Waals surface area (Å²) in [7, 11) is 1.64. The van der Waals surface area contributed by atoms with Crippen LogP contribution >= 0.6 is 23.1 Å². The zero-order valence-electron chi connectivity index (χ0n) is 15.5. The van der Waals surface area contributed by atoms with E-state index in [1.54, 1.807) is 7.11 Å². The monoisotopic (exact) mass is 399 g/mol. The van der Waals surface area contributed by atoms with Gasteiger partial charge in [0.2, 0.25) is 0 Å². The fraction of sp³-hybridized carbons (Fsp3) is 0.238. The van der Waals surface area contributed by atoms with Gasteiger partial charge >= 0.3 is 5.97 Å². The Labute approximate surface area is 167 Å². The van der Waals surface area contributed by atoms with Crippen molar-refractivity contribution < 1.29 is 14.3 Å². The van der Waals surface area contributed by atoms with Crippen LogP contribution in [0.5, 0.6) is 5.75 Å². The molecule has 0 aliphatic carbocycles. The van der Waals surface area contributed by atoms with Gasteiger partial charge in [-0.25, -0.2) is 4.98 Å². The van der Waals surface area contributed by atoms with Gasteiger partial charge < -0.3 is 9.47 Å². The molecule has 1 heterocycles. The molecule has 0 saturated carbocycles. The summed E-state index contributed by atoms with van der Waals surface area (Å²) < 4.78 is 10.5. The van der Waals surface area contributed by atoms with Gasteiger partial charge in [-0.1, -0.05) is 17.7 Å². The number of rotatable bonds is 7. The Morgan fingerprint density at radius 2 is 1.93 bits per heavy atom. The highest BCUT2D eigenvalue weighted by Gasteiger charge is 2.10. The molecule has 0 fully saturated rings. The van der Waals surface area contributed by atoms with Crippen molar-refractivity contribution >= 4 is 29.1 Å². The average Bonchev–Trinajstić information content (AvgIpc) is 3.15. The molecular weight excluding hydrogens is 378 g/mol. The zero-order chi connectivity index (χ0) is 19.2. The quantitative estimate of drug-likeness (QED) is 0.400. The molecule has 6 heteroatoms. The second kappa shape index (κ2) is 9.06. The molecule has 1 aromatic heterocycles. The van der Waals surface area contributed by atoms with Crippen molar-refractivity contribution in [1.82, 2.24) is 4.98 Å². The molecule has 0 radical (unpaired) electrons. The third-order valence-corrected chi connectivity index (χ3v) is 6.03. The molecule has 0 aliphatic heterocycles. The predicted molar refractivity (Wildman–Crippen MR) is 111 cm³/mol. The van der Waals surface area contributed by atoms with E-state index in [4.69, 9.17) is 9.47 Å². The Hall–Kier alpha value is -2.31. The number of methoxy groups -OCH3 is 1. The first-order valence-electron chi connectivity index (χ1n) is 8.49. The van der Waals surface area contributed by atoms with Crippen LogP contribution in [-0.2, 0) is 16.1 Å². The van der Waals surface area contributed by atoms with Gasteiger partial charge in [-0.05, 0) is 49.7 Å². The maximum absolute atomic E-state index is 12.0. The summed E-state index contributed by atoms with van der Waals surface area (Å²) in [4.78, 5) is 17.7. The van der Waals surface area contributed by atoms with Gasteiger partial charge in [-0.15, -0.1) is 23.1 Å². The van der Waals surface area contributed by atoms with Gasteiger partial charge in [0.25, 0.3) is 0 Å². The normalized spacial score (nSPS) is 10.6. The standard InChI is InChI=1S/C21H21NO3S2/c1-14-4-9-19(15(2)10-14)26-13-20(23)25-11-17-12-27-21(22-17)16-5-7-18(24-3)8-6-16/h4-10,12H,11,13H2,1-3H3.